The van der Waals surface area contributed by atoms with E-state index in [2.05, 4.69) is 0 Å². The van der Waals surface area contributed by atoms with Crippen molar-refractivity contribution in [1.29, 1.82) is 0 Å². The highest BCUT2D eigenvalue weighted by molar-refractivity contribution is 6.36. The van der Waals surface area contributed by atoms with Crippen LogP contribution >= 0.6 is 23.2 Å². The number of carbonyl (C=O) groups is 2. The van der Waals surface area contributed by atoms with Crippen LogP contribution < -0.4 is 4.74 Å². The highest BCUT2D eigenvalue weighted by Crippen LogP contribution is 2.43. The van der Waals surface area contributed by atoms with Gasteiger partial charge in [0.05, 0.1) is 35.0 Å². The molecule has 0 aliphatic heterocycles. The lowest BCUT2D eigenvalue weighted by molar-refractivity contribution is 0.0529. The highest BCUT2D eigenvalue weighted by atomic mass is 35.5. The van der Waals surface area contributed by atoms with Crippen LogP contribution in [0, 0.1) is 0 Å². The summed E-state index contributed by atoms with van der Waals surface area (Å²) in [5.74, 6) is -0.184. The van der Waals surface area contributed by atoms with E-state index in [1.807, 2.05) is 6.92 Å². The van der Waals surface area contributed by atoms with Gasteiger partial charge in [0.2, 0.25) is 0 Å². The van der Waals surface area contributed by atoms with Gasteiger partial charge in [0.15, 0.2) is 6.29 Å². The van der Waals surface area contributed by atoms with Crippen LogP contribution in [0.3, 0.4) is 0 Å². The Hall–Kier alpha value is -2.50. The predicted molar refractivity (Wildman–Crippen MR) is 105 cm³/mol. The minimum Gasteiger partial charge on any atom is -0.492 e. The zero-order valence-corrected chi connectivity index (χ0v) is 16.3. The molecule has 1 aromatic carbocycles. The molecule has 0 bridgehead atoms. The van der Waals surface area contributed by atoms with Crippen LogP contribution in [0.25, 0.3) is 16.6 Å². The monoisotopic (exact) mass is 405 g/mol. The second kappa shape index (κ2) is 8.03. The smallest absolute Gasteiger partial charge is 0.340 e. The van der Waals surface area contributed by atoms with Crippen molar-refractivity contribution in [3.05, 3.63) is 57.8 Å². The number of carbonyl (C=O) groups excluding carboxylic acids is 2. The Balaban J connectivity index is 2.46. The number of hydrogen-bond donors (Lipinski definition) is 0. The summed E-state index contributed by atoms with van der Waals surface area (Å²) in [6.45, 7) is 4.09. The van der Waals surface area contributed by atoms with E-state index in [0.717, 1.165) is 0 Å². The summed E-state index contributed by atoms with van der Waals surface area (Å²) >= 11 is 12.5. The molecule has 0 spiro atoms. The SMILES string of the molecule is CCOC(=O)c1c(-c2cc(Cl)cc(Cl)c2OCC)c(C=O)n2ccccc12. The van der Waals surface area contributed by atoms with Crippen molar-refractivity contribution in [3.63, 3.8) is 0 Å². The normalized spacial score (nSPS) is 10.8. The maximum Gasteiger partial charge on any atom is 0.340 e. The molecule has 140 valence electrons. The topological polar surface area (TPSA) is 57.0 Å². The molecule has 0 unspecified atom stereocenters. The van der Waals surface area contributed by atoms with Gasteiger partial charge in [0, 0.05) is 22.3 Å². The molecule has 0 saturated heterocycles. The molecule has 2 heterocycles. The van der Waals surface area contributed by atoms with Crippen LogP contribution in [0.15, 0.2) is 36.5 Å². The molecule has 5 nitrogen and oxygen atoms in total. The lowest BCUT2D eigenvalue weighted by Gasteiger charge is -2.14. The van der Waals surface area contributed by atoms with Crippen molar-refractivity contribution in [2.24, 2.45) is 0 Å². The Bertz CT molecular complexity index is 1030. The van der Waals surface area contributed by atoms with Crippen molar-refractivity contribution < 1.29 is 19.1 Å². The van der Waals surface area contributed by atoms with Crippen LogP contribution in [0.4, 0.5) is 0 Å². The van der Waals surface area contributed by atoms with Crippen molar-refractivity contribution in [1.82, 2.24) is 4.40 Å². The van der Waals surface area contributed by atoms with Crippen LogP contribution in [-0.2, 0) is 4.74 Å². The van der Waals surface area contributed by atoms with E-state index in [-0.39, 0.29) is 17.9 Å². The summed E-state index contributed by atoms with van der Waals surface area (Å²) in [6, 6.07) is 8.48. The van der Waals surface area contributed by atoms with E-state index in [0.29, 0.717) is 45.3 Å². The molecule has 0 saturated carbocycles. The summed E-state index contributed by atoms with van der Waals surface area (Å²) in [7, 11) is 0. The van der Waals surface area contributed by atoms with Gasteiger partial charge in [-0.3, -0.25) is 4.79 Å². The van der Waals surface area contributed by atoms with Gasteiger partial charge < -0.3 is 13.9 Å². The lowest BCUT2D eigenvalue weighted by atomic mass is 9.99. The Labute approximate surface area is 166 Å². The number of rotatable bonds is 6. The van der Waals surface area contributed by atoms with E-state index in [1.165, 1.54) is 0 Å². The molecule has 7 heteroatoms. The van der Waals surface area contributed by atoms with Gasteiger partial charge in [-0.15, -0.1) is 0 Å². The zero-order valence-electron chi connectivity index (χ0n) is 14.8. The number of pyridine rings is 1. The van der Waals surface area contributed by atoms with Gasteiger partial charge in [0.25, 0.3) is 0 Å². The number of hydrogen-bond acceptors (Lipinski definition) is 4. The molecule has 0 aliphatic rings. The average Bonchev–Trinajstić information content (AvgIpc) is 2.98. The molecule has 0 N–H and O–H groups in total. The molecule has 27 heavy (non-hydrogen) atoms. The van der Waals surface area contributed by atoms with Gasteiger partial charge in [0.1, 0.15) is 5.75 Å². The predicted octanol–water partition coefficient (Wildman–Crippen LogP) is 5.30. The highest BCUT2D eigenvalue weighted by Gasteiger charge is 2.28. The fourth-order valence-electron chi connectivity index (χ4n) is 3.07. The third-order valence-electron chi connectivity index (χ3n) is 4.04. The summed E-state index contributed by atoms with van der Waals surface area (Å²) in [4.78, 5) is 24.7. The summed E-state index contributed by atoms with van der Waals surface area (Å²) in [6.07, 6.45) is 2.40. The Morgan fingerprint density at radius 2 is 1.96 bits per heavy atom. The number of aldehydes is 1. The maximum atomic E-state index is 12.8. The van der Waals surface area contributed by atoms with Crippen molar-refractivity contribution >= 4 is 41.0 Å². The Morgan fingerprint density at radius 3 is 2.63 bits per heavy atom. The van der Waals surface area contributed by atoms with Gasteiger partial charge in [-0.25, -0.2) is 4.79 Å². The first kappa shape index (κ1) is 19.3. The molecule has 0 aliphatic carbocycles. The largest absolute Gasteiger partial charge is 0.492 e. The van der Waals surface area contributed by atoms with Crippen LogP contribution in [0.5, 0.6) is 5.75 Å². The van der Waals surface area contributed by atoms with Crippen LogP contribution in [-0.4, -0.2) is 29.9 Å². The lowest BCUT2D eigenvalue weighted by Crippen LogP contribution is -2.06. The Kier molecular flexibility index (Phi) is 5.73. The molecular weight excluding hydrogens is 389 g/mol. The third-order valence-corrected chi connectivity index (χ3v) is 4.54. The quantitative estimate of drug-likeness (QED) is 0.412. The van der Waals surface area contributed by atoms with E-state index in [9.17, 15) is 9.59 Å². The van der Waals surface area contributed by atoms with Crippen molar-refractivity contribution in [2.75, 3.05) is 13.2 Å². The number of nitrogens with zero attached hydrogens (tertiary/aromatic N) is 1. The molecule has 0 fully saturated rings. The number of esters is 1. The molecule has 2 aromatic heterocycles. The molecule has 0 atom stereocenters. The fourth-order valence-corrected chi connectivity index (χ4v) is 3.62. The van der Waals surface area contributed by atoms with E-state index >= 15 is 0 Å². The van der Waals surface area contributed by atoms with E-state index < -0.39 is 5.97 Å². The van der Waals surface area contributed by atoms with Crippen LogP contribution in [0.2, 0.25) is 10.0 Å². The fraction of sp³-hybridized carbons (Fsp3) is 0.200. The Morgan fingerprint density at radius 1 is 1.19 bits per heavy atom. The minimum absolute atomic E-state index is 0.202. The number of benzene rings is 1. The number of ether oxygens (including phenoxy) is 2. The molecule has 3 aromatic rings. The summed E-state index contributed by atoms with van der Waals surface area (Å²) in [5, 5.41) is 0.654. The minimum atomic E-state index is -0.539. The molecule has 0 amide bonds. The van der Waals surface area contributed by atoms with Gasteiger partial charge >= 0.3 is 5.97 Å². The first-order valence-electron chi connectivity index (χ1n) is 8.41. The second-order valence-electron chi connectivity index (χ2n) is 5.63. The molecule has 0 radical (unpaired) electrons. The molecular formula is C20H17Cl2NO4. The first-order chi connectivity index (χ1) is 13.0. The van der Waals surface area contributed by atoms with Crippen LogP contribution in [0.1, 0.15) is 34.7 Å². The number of aromatic nitrogens is 1. The van der Waals surface area contributed by atoms with Gasteiger partial charge in [-0.2, -0.15) is 0 Å². The summed E-state index contributed by atoms with van der Waals surface area (Å²) in [5.41, 5.74) is 1.93. The second-order valence-corrected chi connectivity index (χ2v) is 6.47. The van der Waals surface area contributed by atoms with E-state index in [1.54, 1.807) is 47.9 Å². The number of fused-ring (bicyclic) bond motifs is 1. The number of halogens is 2. The van der Waals surface area contributed by atoms with Crippen molar-refractivity contribution in [2.45, 2.75) is 13.8 Å². The third kappa shape index (κ3) is 3.40. The van der Waals surface area contributed by atoms with Crippen molar-refractivity contribution in [3.8, 4) is 16.9 Å². The zero-order chi connectivity index (χ0) is 19.6. The van der Waals surface area contributed by atoms with Gasteiger partial charge in [-0.1, -0.05) is 29.3 Å². The van der Waals surface area contributed by atoms with E-state index in [4.69, 9.17) is 32.7 Å². The standard InChI is InChI=1S/C20H17Cl2NO4/c1-3-26-19-13(9-12(21)10-14(19)22)17-16(11-24)23-8-6-5-7-15(23)18(17)20(25)27-4-2/h5-11H,3-4H2,1-2H3. The molecule has 3 rings (SSSR count). The van der Waals surface area contributed by atoms with Gasteiger partial charge in [-0.05, 0) is 38.1 Å². The maximum absolute atomic E-state index is 12.8. The first-order valence-corrected chi connectivity index (χ1v) is 9.16. The average molecular weight is 406 g/mol. The summed E-state index contributed by atoms with van der Waals surface area (Å²) < 4.78 is 12.6.